The molecular formula is C22H24F4N4O2. The highest BCUT2D eigenvalue weighted by atomic mass is 19.4. The summed E-state index contributed by atoms with van der Waals surface area (Å²) in [6.07, 6.45) is -2.81. The van der Waals surface area contributed by atoms with Crippen molar-refractivity contribution in [2.75, 3.05) is 25.5 Å². The molecule has 6 nitrogen and oxygen atoms in total. The molecule has 0 amide bonds. The second kappa shape index (κ2) is 7.55. The molecule has 2 fully saturated rings. The van der Waals surface area contributed by atoms with Gasteiger partial charge in [-0.05, 0) is 43.7 Å². The normalized spacial score (nSPS) is 24.9. The van der Waals surface area contributed by atoms with Crippen LogP contribution in [0.15, 0.2) is 18.2 Å². The number of fused-ring (bicyclic) bond motifs is 1. The first-order valence-electron chi connectivity index (χ1n) is 10.7. The van der Waals surface area contributed by atoms with Gasteiger partial charge in [0.25, 0.3) is 0 Å². The lowest BCUT2D eigenvalue weighted by molar-refractivity contribution is -0.137. The van der Waals surface area contributed by atoms with Crippen LogP contribution in [0.4, 0.5) is 23.4 Å². The zero-order chi connectivity index (χ0) is 22.7. The summed E-state index contributed by atoms with van der Waals surface area (Å²) in [5.74, 6) is 0.000649. The number of phenolic OH excluding ortho intramolecular Hbond substituents is 1. The Morgan fingerprint density at radius 1 is 1.19 bits per heavy atom. The molecule has 0 bridgehead atoms. The van der Waals surface area contributed by atoms with E-state index in [0.29, 0.717) is 43.5 Å². The smallest absolute Gasteiger partial charge is 0.416 e. The van der Waals surface area contributed by atoms with Crippen molar-refractivity contribution < 1.29 is 27.4 Å². The van der Waals surface area contributed by atoms with E-state index in [1.54, 1.807) is 0 Å². The van der Waals surface area contributed by atoms with Crippen LogP contribution < -0.4 is 5.32 Å². The molecule has 0 unspecified atom stereocenters. The van der Waals surface area contributed by atoms with Crippen molar-refractivity contribution in [3.8, 4) is 17.0 Å². The highest BCUT2D eigenvalue weighted by Crippen LogP contribution is 2.49. The van der Waals surface area contributed by atoms with Gasteiger partial charge in [0.15, 0.2) is 5.82 Å². The monoisotopic (exact) mass is 452 g/mol. The molecule has 32 heavy (non-hydrogen) atoms. The number of likely N-dealkylation sites (tertiary alicyclic amines) is 1. The number of benzene rings is 1. The SMILES string of the molecule is CN1C[C@H](F)C[C@@H](Nc2nnc(-c3ccc(C(F)(F)F)cc3O)c3c2COC2(CC2)C3)C1. The van der Waals surface area contributed by atoms with Gasteiger partial charge < -0.3 is 20.1 Å². The fourth-order valence-electron chi connectivity index (χ4n) is 4.70. The van der Waals surface area contributed by atoms with Gasteiger partial charge in [-0.1, -0.05) is 0 Å². The second-order valence-electron chi connectivity index (χ2n) is 9.13. The van der Waals surface area contributed by atoms with Gasteiger partial charge >= 0.3 is 6.18 Å². The zero-order valence-corrected chi connectivity index (χ0v) is 17.5. The average molecular weight is 452 g/mol. The molecule has 2 atom stereocenters. The second-order valence-corrected chi connectivity index (χ2v) is 9.13. The van der Waals surface area contributed by atoms with E-state index >= 15 is 0 Å². The Morgan fingerprint density at radius 2 is 1.97 bits per heavy atom. The van der Waals surface area contributed by atoms with Crippen molar-refractivity contribution >= 4 is 5.82 Å². The number of hydrogen-bond donors (Lipinski definition) is 2. The van der Waals surface area contributed by atoms with E-state index in [9.17, 15) is 22.7 Å². The van der Waals surface area contributed by atoms with Crippen molar-refractivity contribution in [1.29, 1.82) is 0 Å². The molecule has 0 radical (unpaired) electrons. The summed E-state index contributed by atoms with van der Waals surface area (Å²) in [7, 11) is 1.86. The Morgan fingerprint density at radius 3 is 2.62 bits per heavy atom. The van der Waals surface area contributed by atoms with Gasteiger partial charge in [-0.2, -0.15) is 13.2 Å². The Balaban J connectivity index is 1.52. The van der Waals surface area contributed by atoms with E-state index in [1.807, 2.05) is 11.9 Å². The van der Waals surface area contributed by atoms with Crippen molar-refractivity contribution in [1.82, 2.24) is 15.1 Å². The number of hydrogen-bond acceptors (Lipinski definition) is 6. The van der Waals surface area contributed by atoms with E-state index in [0.717, 1.165) is 30.0 Å². The predicted molar refractivity (Wildman–Crippen MR) is 109 cm³/mol. The van der Waals surface area contributed by atoms with Crippen LogP contribution >= 0.6 is 0 Å². The number of alkyl halides is 4. The molecule has 1 aromatic carbocycles. The summed E-state index contributed by atoms with van der Waals surface area (Å²) in [4.78, 5) is 1.91. The minimum atomic E-state index is -4.55. The Labute approximate surface area is 182 Å². The maximum absolute atomic E-state index is 14.0. The fourth-order valence-corrected chi connectivity index (χ4v) is 4.70. The van der Waals surface area contributed by atoms with Gasteiger partial charge in [0.2, 0.25) is 0 Å². The van der Waals surface area contributed by atoms with Crippen molar-refractivity contribution in [3.05, 3.63) is 34.9 Å². The van der Waals surface area contributed by atoms with Gasteiger partial charge in [-0.25, -0.2) is 4.39 Å². The summed E-state index contributed by atoms with van der Waals surface area (Å²) in [6.45, 7) is 1.33. The lowest BCUT2D eigenvalue weighted by atomic mass is 9.92. The van der Waals surface area contributed by atoms with Crippen LogP contribution in [0, 0.1) is 0 Å². The minimum absolute atomic E-state index is 0.149. The summed E-state index contributed by atoms with van der Waals surface area (Å²) in [5.41, 5.74) is 0.919. The number of piperidine rings is 1. The Kier molecular flexibility index (Phi) is 5.05. The molecule has 1 aromatic heterocycles. The third-order valence-electron chi connectivity index (χ3n) is 6.52. The van der Waals surface area contributed by atoms with Gasteiger partial charge in [-0.15, -0.1) is 10.2 Å². The molecular weight excluding hydrogens is 428 g/mol. The number of phenols is 1. The lowest BCUT2D eigenvalue weighted by Gasteiger charge is -2.34. The maximum Gasteiger partial charge on any atom is 0.416 e. The van der Waals surface area contributed by atoms with Gasteiger partial charge in [0, 0.05) is 43.1 Å². The van der Waals surface area contributed by atoms with Crippen LogP contribution in [0.1, 0.15) is 36.0 Å². The number of nitrogens with zero attached hydrogens (tertiary/aromatic N) is 3. The molecule has 1 saturated heterocycles. The van der Waals surface area contributed by atoms with Crippen molar-refractivity contribution in [2.24, 2.45) is 0 Å². The van der Waals surface area contributed by atoms with Gasteiger partial charge in [0.1, 0.15) is 17.6 Å². The average Bonchev–Trinajstić information content (AvgIpc) is 3.45. The van der Waals surface area contributed by atoms with Gasteiger partial charge in [-0.3, -0.25) is 0 Å². The third kappa shape index (κ3) is 4.01. The molecule has 10 heteroatoms. The van der Waals surface area contributed by atoms with E-state index < -0.39 is 23.7 Å². The molecule has 2 N–H and O–H groups in total. The lowest BCUT2D eigenvalue weighted by Crippen LogP contribution is -2.45. The van der Waals surface area contributed by atoms with E-state index in [1.165, 1.54) is 6.07 Å². The summed E-state index contributed by atoms with van der Waals surface area (Å²) < 4.78 is 59.2. The molecule has 1 aliphatic carbocycles. The van der Waals surface area contributed by atoms with Crippen molar-refractivity contribution in [3.63, 3.8) is 0 Å². The molecule has 3 aliphatic rings. The standard InChI is InChI=1S/C22H24F4N4O2/c1-30-9-13(23)7-14(10-30)27-20-17-11-32-21(4-5-21)8-16(17)19(28-29-20)15-3-2-12(6-18(15)31)22(24,25)26/h2-3,6,13-14,31H,4-5,7-11H2,1H3,(H,27,29)/t13-,14-/m1/s1. The first kappa shape index (κ1) is 21.4. The molecule has 3 heterocycles. The van der Waals surface area contributed by atoms with Crippen LogP contribution in [-0.2, 0) is 23.9 Å². The highest BCUT2D eigenvalue weighted by molar-refractivity contribution is 5.73. The number of anilines is 1. The number of likely N-dealkylation sites (N-methyl/N-ethyl adjacent to an activating group) is 1. The number of aromatic nitrogens is 2. The van der Waals surface area contributed by atoms with Gasteiger partial charge in [0.05, 0.1) is 17.8 Å². The summed E-state index contributed by atoms with van der Waals surface area (Å²) >= 11 is 0. The quantitative estimate of drug-likeness (QED) is 0.688. The number of nitrogens with one attached hydrogen (secondary N) is 1. The molecule has 5 rings (SSSR count). The zero-order valence-electron chi connectivity index (χ0n) is 17.5. The highest BCUT2D eigenvalue weighted by Gasteiger charge is 2.48. The summed E-state index contributed by atoms with van der Waals surface area (Å²) in [6, 6.07) is 2.72. The van der Waals surface area contributed by atoms with E-state index in [-0.39, 0.29) is 23.8 Å². The van der Waals surface area contributed by atoms with Crippen LogP contribution in [-0.4, -0.2) is 58.2 Å². The van der Waals surface area contributed by atoms with Crippen molar-refractivity contribution in [2.45, 2.75) is 56.3 Å². The molecule has 172 valence electrons. The van der Waals surface area contributed by atoms with Crippen LogP contribution in [0.5, 0.6) is 5.75 Å². The Hall–Kier alpha value is -2.46. The molecule has 2 aromatic rings. The van der Waals surface area contributed by atoms with Crippen LogP contribution in [0.2, 0.25) is 0 Å². The third-order valence-corrected chi connectivity index (χ3v) is 6.52. The first-order chi connectivity index (χ1) is 15.1. The largest absolute Gasteiger partial charge is 0.507 e. The molecule has 2 aliphatic heterocycles. The van der Waals surface area contributed by atoms with E-state index in [4.69, 9.17) is 4.74 Å². The summed E-state index contributed by atoms with van der Waals surface area (Å²) in [5, 5.41) is 22.2. The Bertz CT molecular complexity index is 1030. The van der Waals surface area contributed by atoms with E-state index in [2.05, 4.69) is 15.5 Å². The van der Waals surface area contributed by atoms with Crippen LogP contribution in [0.3, 0.4) is 0 Å². The minimum Gasteiger partial charge on any atom is -0.507 e. The number of aromatic hydroxyl groups is 1. The molecule has 1 spiro atoms. The van der Waals surface area contributed by atoms with Crippen LogP contribution in [0.25, 0.3) is 11.3 Å². The number of rotatable bonds is 3. The first-order valence-corrected chi connectivity index (χ1v) is 10.7. The topological polar surface area (TPSA) is 70.5 Å². The molecule has 1 saturated carbocycles. The number of halogens is 4. The maximum atomic E-state index is 14.0. The number of ether oxygens (including phenoxy) is 1. The fraction of sp³-hybridized carbons (Fsp3) is 0.545. The predicted octanol–water partition coefficient (Wildman–Crippen LogP) is 3.93.